The molecule has 3 rings (SSSR count). The molecule has 1 heterocycles. The minimum Gasteiger partial charge on any atom is -0.169 e. The second kappa shape index (κ2) is 4.52. The number of hydrogen-bond donors (Lipinski definition) is 0. The number of hydrogen-bond acceptors (Lipinski definition) is 1. The van der Waals surface area contributed by atoms with Crippen LogP contribution in [0.4, 0.5) is 13.2 Å². The number of benzene rings is 1. The Kier molecular flexibility index (Phi) is 3.16. The number of alkyl halides is 3. The van der Waals surface area contributed by atoms with E-state index >= 15 is 0 Å². The molecule has 1 aromatic carbocycles. The quantitative estimate of drug-likeness (QED) is 0.636. The predicted octanol–water partition coefficient (Wildman–Crippen LogP) is 5.95. The van der Waals surface area contributed by atoms with Gasteiger partial charge >= 0.3 is 6.18 Å². The van der Waals surface area contributed by atoms with Gasteiger partial charge in [-0.3, -0.25) is 0 Å². The van der Waals surface area contributed by atoms with Crippen molar-refractivity contribution in [2.45, 2.75) is 11.6 Å². The molecule has 1 atom stereocenters. The van der Waals surface area contributed by atoms with Crippen LogP contribution in [0.3, 0.4) is 0 Å². The fourth-order valence-corrected chi connectivity index (χ4v) is 3.51. The predicted molar refractivity (Wildman–Crippen MR) is 76.5 cm³/mol. The Bertz CT molecular complexity index is 669. The normalized spacial score (nSPS) is 21.8. The van der Waals surface area contributed by atoms with Gasteiger partial charge in [-0.25, -0.2) is 0 Å². The molecule has 1 aromatic heterocycles. The van der Waals surface area contributed by atoms with E-state index in [0.29, 0.717) is 5.56 Å². The lowest BCUT2D eigenvalue weighted by molar-refractivity contribution is -0.151. The maximum Gasteiger partial charge on any atom is 0.405 e. The molecule has 2 aromatic rings. The molecule has 0 fully saturated rings. The van der Waals surface area contributed by atoms with Crippen molar-refractivity contribution in [1.29, 1.82) is 0 Å². The second-order valence-corrected chi connectivity index (χ2v) is 6.19. The highest BCUT2D eigenvalue weighted by Crippen LogP contribution is 2.62. The number of rotatable bonds is 2. The summed E-state index contributed by atoms with van der Waals surface area (Å²) < 4.78 is 40.7. The Hall–Kier alpha value is -0.970. The van der Waals surface area contributed by atoms with Crippen molar-refractivity contribution in [2.75, 3.05) is 0 Å². The lowest BCUT2D eigenvalue weighted by Gasteiger charge is -2.23. The molecule has 0 amide bonds. The minimum atomic E-state index is -4.42. The van der Waals surface area contributed by atoms with Crippen LogP contribution in [0.15, 0.2) is 41.1 Å². The largest absolute Gasteiger partial charge is 0.405 e. The van der Waals surface area contributed by atoms with Crippen LogP contribution in [-0.2, 0) is 5.41 Å². The van der Waals surface area contributed by atoms with Crippen LogP contribution in [-0.4, -0.2) is 6.18 Å². The van der Waals surface area contributed by atoms with Crippen molar-refractivity contribution in [3.8, 4) is 0 Å². The molecule has 0 radical (unpaired) electrons. The molecule has 20 heavy (non-hydrogen) atoms. The fraction of sp³-hybridized carbons (Fsp3) is 0.143. The Labute approximate surface area is 127 Å². The fourth-order valence-electron chi connectivity index (χ4n) is 2.33. The van der Waals surface area contributed by atoms with Gasteiger partial charge in [0.15, 0.2) is 0 Å². The summed E-state index contributed by atoms with van der Waals surface area (Å²) in [5, 5.41) is 3.84. The SMILES string of the molecule is FC(F)(F)C1(c2cc(Cl)cc(Cl)c2)C=C1c1ccsc1. The van der Waals surface area contributed by atoms with E-state index in [1.54, 1.807) is 16.8 Å². The monoisotopic (exact) mass is 334 g/mol. The van der Waals surface area contributed by atoms with E-state index in [4.69, 9.17) is 23.2 Å². The lowest BCUT2D eigenvalue weighted by Crippen LogP contribution is -2.31. The first-order chi connectivity index (χ1) is 9.34. The molecule has 0 bridgehead atoms. The average Bonchev–Trinajstić information content (AvgIpc) is 2.88. The number of allylic oxidation sites excluding steroid dienone is 2. The molecule has 0 aliphatic heterocycles. The summed E-state index contributed by atoms with van der Waals surface area (Å²) >= 11 is 13.0. The summed E-state index contributed by atoms with van der Waals surface area (Å²) in [4.78, 5) is 0. The van der Waals surface area contributed by atoms with E-state index in [2.05, 4.69) is 0 Å². The minimum absolute atomic E-state index is 0.0590. The second-order valence-electron chi connectivity index (χ2n) is 4.53. The molecule has 1 aliphatic rings. The molecule has 0 spiro atoms. The van der Waals surface area contributed by atoms with E-state index in [0.717, 1.165) is 0 Å². The third-order valence-corrected chi connectivity index (χ3v) is 4.42. The molecule has 6 heteroatoms. The topological polar surface area (TPSA) is 0 Å². The Morgan fingerprint density at radius 1 is 1.05 bits per heavy atom. The van der Waals surface area contributed by atoms with Crippen molar-refractivity contribution >= 4 is 40.1 Å². The molecule has 0 N–H and O–H groups in total. The van der Waals surface area contributed by atoms with Crippen molar-refractivity contribution in [3.05, 3.63) is 62.3 Å². The summed E-state index contributed by atoms with van der Waals surface area (Å²) in [7, 11) is 0. The summed E-state index contributed by atoms with van der Waals surface area (Å²) in [6.45, 7) is 0. The van der Waals surface area contributed by atoms with Crippen LogP contribution in [0, 0.1) is 0 Å². The maximum atomic E-state index is 13.6. The summed E-state index contributed by atoms with van der Waals surface area (Å²) in [5.41, 5.74) is -1.17. The van der Waals surface area contributed by atoms with E-state index in [1.165, 1.54) is 35.6 Å². The van der Waals surface area contributed by atoms with Crippen LogP contribution in [0.1, 0.15) is 11.1 Å². The number of thiophene rings is 1. The van der Waals surface area contributed by atoms with Crippen molar-refractivity contribution < 1.29 is 13.2 Å². The Morgan fingerprint density at radius 2 is 1.70 bits per heavy atom. The van der Waals surface area contributed by atoms with Gasteiger partial charge < -0.3 is 0 Å². The van der Waals surface area contributed by atoms with Gasteiger partial charge in [0.1, 0.15) is 5.41 Å². The Morgan fingerprint density at radius 3 is 2.20 bits per heavy atom. The first kappa shape index (κ1) is 14.0. The smallest absolute Gasteiger partial charge is 0.169 e. The molecular formula is C14H7Cl2F3S. The zero-order valence-corrected chi connectivity index (χ0v) is 12.2. The first-order valence-corrected chi connectivity index (χ1v) is 7.34. The van der Waals surface area contributed by atoms with E-state index < -0.39 is 11.6 Å². The van der Waals surface area contributed by atoms with Gasteiger partial charge in [-0.15, -0.1) is 0 Å². The standard InChI is InChI=1S/C14H7Cl2F3S/c15-10-3-9(4-11(16)5-10)13(14(17,18)19)6-12(13)8-1-2-20-7-8/h1-7H. The highest BCUT2D eigenvalue weighted by molar-refractivity contribution is 7.08. The van der Waals surface area contributed by atoms with E-state index in [1.807, 2.05) is 0 Å². The molecule has 1 aliphatic carbocycles. The molecule has 0 saturated carbocycles. The maximum absolute atomic E-state index is 13.6. The van der Waals surface area contributed by atoms with Crippen LogP contribution in [0.5, 0.6) is 0 Å². The van der Waals surface area contributed by atoms with Gasteiger partial charge in [-0.1, -0.05) is 29.3 Å². The molecule has 0 nitrogen and oxygen atoms in total. The van der Waals surface area contributed by atoms with Gasteiger partial charge in [0, 0.05) is 10.0 Å². The van der Waals surface area contributed by atoms with E-state index in [-0.39, 0.29) is 21.2 Å². The third kappa shape index (κ3) is 2.07. The third-order valence-electron chi connectivity index (χ3n) is 3.30. The average molecular weight is 335 g/mol. The first-order valence-electron chi connectivity index (χ1n) is 5.64. The van der Waals surface area contributed by atoms with Crippen molar-refractivity contribution in [3.63, 3.8) is 0 Å². The van der Waals surface area contributed by atoms with Gasteiger partial charge in [-0.2, -0.15) is 24.5 Å². The molecular weight excluding hydrogens is 328 g/mol. The summed E-state index contributed by atoms with van der Waals surface area (Å²) in [6, 6.07) is 5.73. The zero-order valence-electron chi connectivity index (χ0n) is 9.84. The molecule has 1 unspecified atom stereocenters. The van der Waals surface area contributed by atoms with Crippen molar-refractivity contribution in [1.82, 2.24) is 0 Å². The zero-order chi connectivity index (χ0) is 14.5. The molecule has 104 valence electrons. The number of halogens is 5. The van der Waals surface area contributed by atoms with Gasteiger partial charge in [-0.05, 0) is 51.7 Å². The Balaban J connectivity index is 2.11. The highest BCUT2D eigenvalue weighted by atomic mass is 35.5. The molecule has 0 saturated heterocycles. The highest BCUT2D eigenvalue weighted by Gasteiger charge is 2.65. The lowest BCUT2D eigenvalue weighted by atomic mass is 9.88. The van der Waals surface area contributed by atoms with Gasteiger partial charge in [0.05, 0.1) is 0 Å². The summed E-state index contributed by atoms with van der Waals surface area (Å²) in [6.07, 6.45) is -3.20. The van der Waals surface area contributed by atoms with Crippen LogP contribution >= 0.6 is 34.5 Å². The van der Waals surface area contributed by atoms with Crippen molar-refractivity contribution in [2.24, 2.45) is 0 Å². The van der Waals surface area contributed by atoms with Crippen LogP contribution in [0.2, 0.25) is 10.0 Å². The van der Waals surface area contributed by atoms with Crippen LogP contribution < -0.4 is 0 Å². The van der Waals surface area contributed by atoms with Crippen LogP contribution in [0.25, 0.3) is 5.57 Å². The van der Waals surface area contributed by atoms with Gasteiger partial charge in [0.2, 0.25) is 0 Å². The van der Waals surface area contributed by atoms with Gasteiger partial charge in [0.25, 0.3) is 0 Å². The van der Waals surface area contributed by atoms with E-state index in [9.17, 15) is 13.2 Å². The summed E-state index contributed by atoms with van der Waals surface area (Å²) in [5.74, 6) is 0.